The van der Waals surface area contributed by atoms with Gasteiger partial charge >= 0.3 is 0 Å². The number of amidine groups is 1. The van der Waals surface area contributed by atoms with Crippen LogP contribution < -0.4 is 10.5 Å². The van der Waals surface area contributed by atoms with Crippen LogP contribution >= 0.6 is 11.8 Å². The fourth-order valence-corrected chi connectivity index (χ4v) is 2.52. The predicted octanol–water partition coefficient (Wildman–Crippen LogP) is 4.34. The highest BCUT2D eigenvalue weighted by molar-refractivity contribution is 8.13. The molecule has 25 heavy (non-hydrogen) atoms. The molecule has 7 heteroatoms. The second-order valence-corrected chi connectivity index (χ2v) is 6.11. The van der Waals surface area contributed by atoms with Crippen LogP contribution in [-0.2, 0) is 5.75 Å². The van der Waals surface area contributed by atoms with E-state index in [1.807, 2.05) is 37.3 Å². The summed E-state index contributed by atoms with van der Waals surface area (Å²) in [6.45, 7) is 2.11. The summed E-state index contributed by atoms with van der Waals surface area (Å²) in [6, 6.07) is 12.1. The fraction of sp³-hybridized carbons (Fsp3) is 0.222. The number of hydrogen-bond acceptors (Lipinski definition) is 4. The van der Waals surface area contributed by atoms with E-state index in [-0.39, 0.29) is 23.1 Å². The maximum atomic E-state index is 13.8. The quantitative estimate of drug-likeness (QED) is 0.452. The van der Waals surface area contributed by atoms with Gasteiger partial charge in [-0.1, -0.05) is 49.0 Å². The summed E-state index contributed by atoms with van der Waals surface area (Å²) in [5.74, 6) is -1.26. The molecule has 2 aromatic rings. The molecule has 0 bridgehead atoms. The second-order valence-electron chi connectivity index (χ2n) is 5.12. The van der Waals surface area contributed by atoms with Gasteiger partial charge in [-0.2, -0.15) is 5.10 Å². The molecule has 0 saturated heterocycles. The average Bonchev–Trinajstić information content (AvgIpc) is 2.60. The van der Waals surface area contributed by atoms with Crippen molar-refractivity contribution in [3.63, 3.8) is 0 Å². The molecular weight excluding hydrogens is 344 g/mol. The molecule has 0 spiro atoms. The molecule has 2 aromatic carbocycles. The van der Waals surface area contributed by atoms with Gasteiger partial charge in [0.25, 0.3) is 0 Å². The number of nitrogens with two attached hydrogens (primary N) is 1. The van der Waals surface area contributed by atoms with Crippen molar-refractivity contribution in [3.05, 3.63) is 65.2 Å². The molecule has 4 nitrogen and oxygen atoms in total. The normalized spacial score (nSPS) is 11.9. The van der Waals surface area contributed by atoms with E-state index in [1.54, 1.807) is 0 Å². The van der Waals surface area contributed by atoms with Crippen LogP contribution in [0.4, 0.5) is 8.78 Å². The van der Waals surface area contributed by atoms with Crippen molar-refractivity contribution < 1.29 is 13.5 Å². The highest BCUT2D eigenvalue weighted by Crippen LogP contribution is 2.23. The molecule has 0 aliphatic heterocycles. The Labute approximate surface area is 149 Å². The smallest absolute Gasteiger partial charge is 0.190 e. The van der Waals surface area contributed by atoms with E-state index in [1.165, 1.54) is 18.0 Å². The summed E-state index contributed by atoms with van der Waals surface area (Å²) in [4.78, 5) is 0. The zero-order valence-electron chi connectivity index (χ0n) is 13.8. The molecule has 0 atom stereocenters. The van der Waals surface area contributed by atoms with Crippen molar-refractivity contribution in [2.24, 2.45) is 15.9 Å². The number of ether oxygens (including phenoxy) is 1. The predicted molar refractivity (Wildman–Crippen MR) is 99.1 cm³/mol. The number of thioether (sulfide) groups is 1. The van der Waals surface area contributed by atoms with Crippen molar-refractivity contribution in [1.82, 2.24) is 0 Å². The molecule has 2 rings (SSSR count). The van der Waals surface area contributed by atoms with Crippen molar-refractivity contribution in [2.45, 2.75) is 19.1 Å². The highest BCUT2D eigenvalue weighted by Gasteiger charge is 2.11. The van der Waals surface area contributed by atoms with Crippen molar-refractivity contribution in [2.75, 3.05) is 6.61 Å². The molecule has 0 amide bonds. The van der Waals surface area contributed by atoms with Gasteiger partial charge in [0.05, 0.1) is 12.8 Å². The van der Waals surface area contributed by atoms with Crippen molar-refractivity contribution in [1.29, 1.82) is 0 Å². The molecule has 0 saturated carbocycles. The van der Waals surface area contributed by atoms with Gasteiger partial charge < -0.3 is 10.5 Å². The lowest BCUT2D eigenvalue weighted by molar-refractivity contribution is 0.285. The van der Waals surface area contributed by atoms with Gasteiger partial charge in [0, 0.05) is 11.3 Å². The van der Waals surface area contributed by atoms with E-state index in [2.05, 4.69) is 10.2 Å². The van der Waals surface area contributed by atoms with Gasteiger partial charge in [-0.15, -0.1) is 5.10 Å². The zero-order valence-corrected chi connectivity index (χ0v) is 14.6. The minimum absolute atomic E-state index is 0.239. The first-order chi connectivity index (χ1) is 12.1. The van der Waals surface area contributed by atoms with Crippen LogP contribution in [0.2, 0.25) is 0 Å². The Bertz CT molecular complexity index is 728. The van der Waals surface area contributed by atoms with Crippen LogP contribution in [0, 0.1) is 11.6 Å². The third kappa shape index (κ3) is 6.19. The van der Waals surface area contributed by atoms with Crippen LogP contribution in [-0.4, -0.2) is 18.0 Å². The molecule has 132 valence electrons. The molecule has 0 heterocycles. The molecule has 0 fully saturated rings. The van der Waals surface area contributed by atoms with Crippen LogP contribution in [0.1, 0.15) is 24.5 Å². The zero-order chi connectivity index (χ0) is 18.1. The monoisotopic (exact) mass is 363 g/mol. The summed E-state index contributed by atoms with van der Waals surface area (Å²) in [6.07, 6.45) is 1.91. The Morgan fingerprint density at radius 2 is 1.88 bits per heavy atom. The topological polar surface area (TPSA) is 60.0 Å². The van der Waals surface area contributed by atoms with Gasteiger partial charge in [0.1, 0.15) is 0 Å². The van der Waals surface area contributed by atoms with E-state index in [0.717, 1.165) is 17.7 Å². The summed E-state index contributed by atoms with van der Waals surface area (Å²) < 4.78 is 32.7. The van der Waals surface area contributed by atoms with Crippen LogP contribution in [0.3, 0.4) is 0 Å². The Hall–Kier alpha value is -2.41. The first-order valence-electron chi connectivity index (χ1n) is 7.75. The van der Waals surface area contributed by atoms with Crippen LogP contribution in [0.15, 0.2) is 52.7 Å². The molecule has 2 N–H and O–H groups in total. The third-order valence-corrected chi connectivity index (χ3v) is 3.92. The summed E-state index contributed by atoms with van der Waals surface area (Å²) >= 11 is 1.33. The summed E-state index contributed by atoms with van der Waals surface area (Å²) in [5.41, 5.74) is 7.11. The van der Waals surface area contributed by atoms with Gasteiger partial charge in [0.15, 0.2) is 22.6 Å². The van der Waals surface area contributed by atoms with Crippen molar-refractivity contribution in [3.8, 4) is 5.75 Å². The molecule has 0 aromatic heterocycles. The Morgan fingerprint density at radius 1 is 1.20 bits per heavy atom. The van der Waals surface area contributed by atoms with Gasteiger partial charge in [-0.05, 0) is 24.1 Å². The highest BCUT2D eigenvalue weighted by atomic mass is 32.2. The number of halogens is 2. The molecular formula is C18H19F2N3OS. The average molecular weight is 363 g/mol. The third-order valence-electron chi connectivity index (χ3n) is 3.06. The Balaban J connectivity index is 1.96. The Kier molecular flexibility index (Phi) is 7.40. The molecule has 0 radical (unpaired) electrons. The summed E-state index contributed by atoms with van der Waals surface area (Å²) in [7, 11) is 0. The number of nitrogens with zero attached hydrogens (tertiary/aromatic N) is 2. The minimum Gasteiger partial charge on any atom is -0.488 e. The van der Waals surface area contributed by atoms with E-state index < -0.39 is 11.6 Å². The van der Waals surface area contributed by atoms with E-state index >= 15 is 0 Å². The molecule has 0 unspecified atom stereocenters. The van der Waals surface area contributed by atoms with E-state index in [4.69, 9.17) is 10.5 Å². The summed E-state index contributed by atoms with van der Waals surface area (Å²) in [5, 5.41) is 7.85. The Morgan fingerprint density at radius 3 is 2.52 bits per heavy atom. The number of hydrogen-bond donors (Lipinski definition) is 1. The van der Waals surface area contributed by atoms with Gasteiger partial charge in [-0.25, -0.2) is 8.78 Å². The van der Waals surface area contributed by atoms with Crippen molar-refractivity contribution >= 4 is 23.1 Å². The SMILES string of the molecule is CCCOc1c(F)cc(C=NN=C(N)SCc2ccccc2)cc1F. The lowest BCUT2D eigenvalue weighted by Gasteiger charge is -2.07. The minimum atomic E-state index is -0.773. The first kappa shape index (κ1) is 18.9. The van der Waals surface area contributed by atoms with Gasteiger partial charge in [0.2, 0.25) is 0 Å². The van der Waals surface area contributed by atoms with E-state index in [9.17, 15) is 8.78 Å². The number of benzene rings is 2. The molecule has 0 aliphatic rings. The van der Waals surface area contributed by atoms with Gasteiger partial charge in [-0.3, -0.25) is 0 Å². The largest absolute Gasteiger partial charge is 0.488 e. The first-order valence-corrected chi connectivity index (χ1v) is 8.73. The second kappa shape index (κ2) is 9.78. The van der Waals surface area contributed by atoms with E-state index in [0.29, 0.717) is 12.2 Å². The number of rotatable bonds is 7. The standard InChI is InChI=1S/C18H19F2N3OS/c1-2-8-24-17-15(19)9-14(10-16(17)20)11-22-23-18(21)25-12-13-6-4-3-5-7-13/h3-7,9-11H,2,8,12H2,1H3,(H2,21,23). The molecule has 0 aliphatic carbocycles. The van der Waals surface area contributed by atoms with Crippen LogP contribution in [0.5, 0.6) is 5.75 Å². The lowest BCUT2D eigenvalue weighted by atomic mass is 10.2. The van der Waals surface area contributed by atoms with Crippen LogP contribution in [0.25, 0.3) is 0 Å². The fourth-order valence-electron chi connectivity index (χ4n) is 1.91. The lowest BCUT2D eigenvalue weighted by Crippen LogP contribution is -2.06. The maximum absolute atomic E-state index is 13.8. The maximum Gasteiger partial charge on any atom is 0.190 e.